The van der Waals surface area contributed by atoms with Gasteiger partial charge < -0.3 is 15.2 Å². The van der Waals surface area contributed by atoms with E-state index in [1.165, 1.54) is 0 Å². The molecule has 0 radical (unpaired) electrons. The fraction of sp³-hybridized carbons (Fsp3) is 0.909. The minimum absolute atomic E-state index is 0.0188. The van der Waals surface area contributed by atoms with E-state index >= 15 is 0 Å². The van der Waals surface area contributed by atoms with Crippen LogP contribution in [0.3, 0.4) is 0 Å². The molecular weight excluding hydrogens is 194 g/mol. The highest BCUT2D eigenvalue weighted by molar-refractivity contribution is 5.76. The second kappa shape index (κ2) is 8.68. The van der Waals surface area contributed by atoms with Gasteiger partial charge in [0, 0.05) is 26.7 Å². The van der Waals surface area contributed by atoms with Crippen LogP contribution in [-0.2, 0) is 9.53 Å². The highest BCUT2D eigenvalue weighted by Crippen LogP contribution is 2.01. The Labute approximate surface area is 92.0 Å². The normalized spacial score (nSPS) is 14.7. The molecule has 0 aliphatic carbocycles. The minimum Gasteiger partial charge on any atom is -0.391 e. The molecule has 2 unspecified atom stereocenters. The van der Waals surface area contributed by atoms with Crippen molar-refractivity contribution < 1.29 is 14.6 Å². The molecule has 90 valence electrons. The molecule has 0 heterocycles. The molecule has 0 aliphatic rings. The molecule has 0 aromatic heterocycles. The van der Waals surface area contributed by atoms with Crippen molar-refractivity contribution in [1.29, 1.82) is 0 Å². The van der Waals surface area contributed by atoms with Crippen LogP contribution in [0.2, 0.25) is 0 Å². The number of aliphatic hydroxyl groups is 1. The number of ether oxygens (including phenoxy) is 1. The third-order valence-corrected chi connectivity index (χ3v) is 2.14. The quantitative estimate of drug-likeness (QED) is 0.636. The van der Waals surface area contributed by atoms with Gasteiger partial charge in [-0.15, -0.1) is 0 Å². The Morgan fingerprint density at radius 1 is 1.53 bits per heavy atom. The smallest absolute Gasteiger partial charge is 0.220 e. The second-order valence-corrected chi connectivity index (χ2v) is 4.01. The van der Waals surface area contributed by atoms with Crippen molar-refractivity contribution in [3.05, 3.63) is 0 Å². The standard InChI is InChI=1S/C11H23NO3/c1-4-5-10(13)7-12-11(14)6-9(2)8-15-3/h9-10,13H,4-8H2,1-3H3,(H,12,14). The van der Waals surface area contributed by atoms with E-state index in [1.54, 1.807) is 7.11 Å². The van der Waals surface area contributed by atoms with Gasteiger partial charge in [-0.05, 0) is 12.3 Å². The third kappa shape index (κ3) is 8.39. The van der Waals surface area contributed by atoms with Crippen LogP contribution in [0.4, 0.5) is 0 Å². The number of carbonyl (C=O) groups excluding carboxylic acids is 1. The van der Waals surface area contributed by atoms with Gasteiger partial charge in [-0.2, -0.15) is 0 Å². The van der Waals surface area contributed by atoms with Crippen molar-refractivity contribution in [3.8, 4) is 0 Å². The molecule has 0 aromatic rings. The third-order valence-electron chi connectivity index (χ3n) is 2.14. The average molecular weight is 217 g/mol. The monoisotopic (exact) mass is 217 g/mol. The van der Waals surface area contributed by atoms with E-state index in [2.05, 4.69) is 5.32 Å². The molecule has 2 atom stereocenters. The predicted octanol–water partition coefficient (Wildman–Crippen LogP) is 0.936. The molecule has 0 saturated carbocycles. The van der Waals surface area contributed by atoms with Gasteiger partial charge in [-0.1, -0.05) is 20.3 Å². The lowest BCUT2D eigenvalue weighted by molar-refractivity contribution is -0.122. The molecule has 0 aliphatic heterocycles. The Kier molecular flexibility index (Phi) is 8.33. The summed E-state index contributed by atoms with van der Waals surface area (Å²) in [6, 6.07) is 0. The minimum atomic E-state index is -0.420. The lowest BCUT2D eigenvalue weighted by Gasteiger charge is -2.13. The van der Waals surface area contributed by atoms with E-state index in [0.717, 1.165) is 12.8 Å². The van der Waals surface area contributed by atoms with Crippen LogP contribution >= 0.6 is 0 Å². The number of hydrogen-bond acceptors (Lipinski definition) is 3. The summed E-state index contributed by atoms with van der Waals surface area (Å²) in [5.41, 5.74) is 0. The maximum absolute atomic E-state index is 11.4. The van der Waals surface area contributed by atoms with Crippen molar-refractivity contribution in [2.24, 2.45) is 5.92 Å². The van der Waals surface area contributed by atoms with Gasteiger partial charge in [-0.25, -0.2) is 0 Å². The molecule has 0 bridgehead atoms. The molecule has 1 amide bonds. The van der Waals surface area contributed by atoms with Gasteiger partial charge >= 0.3 is 0 Å². The van der Waals surface area contributed by atoms with Crippen LogP contribution < -0.4 is 5.32 Å². The van der Waals surface area contributed by atoms with Crippen molar-refractivity contribution >= 4 is 5.91 Å². The summed E-state index contributed by atoms with van der Waals surface area (Å²) in [6.45, 7) is 4.91. The summed E-state index contributed by atoms with van der Waals surface area (Å²) in [5, 5.41) is 12.1. The van der Waals surface area contributed by atoms with Crippen LogP contribution in [0.25, 0.3) is 0 Å². The Bertz CT molecular complexity index is 173. The van der Waals surface area contributed by atoms with Gasteiger partial charge in [0.15, 0.2) is 0 Å². The molecule has 0 spiro atoms. The molecule has 2 N–H and O–H groups in total. The zero-order valence-corrected chi connectivity index (χ0v) is 9.95. The van der Waals surface area contributed by atoms with Gasteiger partial charge in [0.1, 0.15) is 0 Å². The fourth-order valence-electron chi connectivity index (χ4n) is 1.40. The number of rotatable bonds is 8. The predicted molar refractivity (Wildman–Crippen MR) is 59.6 cm³/mol. The summed E-state index contributed by atoms with van der Waals surface area (Å²) >= 11 is 0. The fourth-order valence-corrected chi connectivity index (χ4v) is 1.40. The summed E-state index contributed by atoms with van der Waals surface area (Å²) in [6.07, 6.45) is 1.69. The highest BCUT2D eigenvalue weighted by atomic mass is 16.5. The maximum Gasteiger partial charge on any atom is 0.220 e. The van der Waals surface area contributed by atoms with Crippen LogP contribution in [0.5, 0.6) is 0 Å². The van der Waals surface area contributed by atoms with E-state index in [1.807, 2.05) is 13.8 Å². The second-order valence-electron chi connectivity index (χ2n) is 4.01. The van der Waals surface area contributed by atoms with E-state index in [0.29, 0.717) is 19.6 Å². The number of methoxy groups -OCH3 is 1. The number of amides is 1. The summed E-state index contributed by atoms with van der Waals surface area (Å²) in [4.78, 5) is 11.4. The van der Waals surface area contributed by atoms with E-state index in [9.17, 15) is 9.90 Å². The van der Waals surface area contributed by atoms with Crippen molar-refractivity contribution in [2.75, 3.05) is 20.3 Å². The van der Waals surface area contributed by atoms with Gasteiger partial charge in [-0.3, -0.25) is 4.79 Å². The van der Waals surface area contributed by atoms with Crippen LogP contribution in [0, 0.1) is 5.92 Å². The summed E-state index contributed by atoms with van der Waals surface area (Å²) < 4.78 is 4.94. The lowest BCUT2D eigenvalue weighted by atomic mass is 10.1. The van der Waals surface area contributed by atoms with Crippen molar-refractivity contribution in [2.45, 2.75) is 39.2 Å². The average Bonchev–Trinajstić information content (AvgIpc) is 2.15. The number of nitrogens with one attached hydrogen (secondary N) is 1. The largest absolute Gasteiger partial charge is 0.391 e. The molecule has 0 fully saturated rings. The highest BCUT2D eigenvalue weighted by Gasteiger charge is 2.10. The lowest BCUT2D eigenvalue weighted by Crippen LogP contribution is -2.33. The molecule has 4 heteroatoms. The Hall–Kier alpha value is -0.610. The van der Waals surface area contributed by atoms with E-state index in [-0.39, 0.29) is 11.8 Å². The van der Waals surface area contributed by atoms with Gasteiger partial charge in [0.2, 0.25) is 5.91 Å². The zero-order valence-electron chi connectivity index (χ0n) is 9.95. The van der Waals surface area contributed by atoms with Crippen molar-refractivity contribution in [1.82, 2.24) is 5.32 Å². The van der Waals surface area contributed by atoms with Crippen molar-refractivity contribution in [3.63, 3.8) is 0 Å². The maximum atomic E-state index is 11.4. The molecule has 0 aromatic carbocycles. The Morgan fingerprint density at radius 3 is 2.73 bits per heavy atom. The topological polar surface area (TPSA) is 58.6 Å². The van der Waals surface area contributed by atoms with Crippen LogP contribution in [-0.4, -0.2) is 37.4 Å². The molecule has 15 heavy (non-hydrogen) atoms. The first-order valence-corrected chi connectivity index (χ1v) is 5.53. The molecule has 0 rings (SSSR count). The van der Waals surface area contributed by atoms with Gasteiger partial charge in [0.05, 0.1) is 6.10 Å². The van der Waals surface area contributed by atoms with Crippen LogP contribution in [0.1, 0.15) is 33.1 Å². The first-order valence-electron chi connectivity index (χ1n) is 5.53. The Balaban J connectivity index is 3.56. The molecule has 0 saturated heterocycles. The summed E-state index contributed by atoms with van der Waals surface area (Å²) in [5.74, 6) is 0.202. The molecular formula is C11H23NO3. The van der Waals surface area contributed by atoms with E-state index < -0.39 is 6.10 Å². The number of carbonyl (C=O) groups is 1. The number of aliphatic hydroxyl groups excluding tert-OH is 1. The van der Waals surface area contributed by atoms with Crippen LogP contribution in [0.15, 0.2) is 0 Å². The Morgan fingerprint density at radius 2 is 2.20 bits per heavy atom. The molecule has 4 nitrogen and oxygen atoms in total. The summed E-state index contributed by atoms with van der Waals surface area (Å²) in [7, 11) is 1.62. The zero-order chi connectivity index (χ0) is 11.7. The SMILES string of the molecule is CCCC(O)CNC(=O)CC(C)COC. The first kappa shape index (κ1) is 14.4. The number of hydrogen-bond donors (Lipinski definition) is 2. The van der Waals surface area contributed by atoms with Gasteiger partial charge in [0.25, 0.3) is 0 Å². The first-order chi connectivity index (χ1) is 7.10. The van der Waals surface area contributed by atoms with E-state index in [4.69, 9.17) is 4.74 Å².